The Balaban J connectivity index is 0. The number of hydrogen-bond acceptors (Lipinski definition) is 4. The van der Waals surface area contributed by atoms with Gasteiger partial charge in [-0.15, -0.1) is 11.5 Å². The number of rotatable bonds is 15. The van der Waals surface area contributed by atoms with Crippen molar-refractivity contribution in [2.24, 2.45) is 0 Å². The molecule has 0 fully saturated rings. The molecule has 0 aromatic heterocycles. The first-order valence-corrected chi connectivity index (χ1v) is 9.44. The Labute approximate surface area is 143 Å². The van der Waals surface area contributed by atoms with Crippen LogP contribution in [0.3, 0.4) is 0 Å². The maximum Gasteiger partial charge on any atom is 0.229 e. The van der Waals surface area contributed by atoms with Crippen LogP contribution in [0.4, 0.5) is 0 Å². The lowest BCUT2D eigenvalue weighted by atomic mass is 10.0. The van der Waals surface area contributed by atoms with E-state index >= 15 is 0 Å². The second kappa shape index (κ2) is 19.8. The Morgan fingerprint density at radius 3 is 1.70 bits per heavy atom. The van der Waals surface area contributed by atoms with Gasteiger partial charge in [0.15, 0.2) is 0 Å². The van der Waals surface area contributed by atoms with E-state index in [2.05, 4.69) is 17.7 Å². The van der Waals surface area contributed by atoms with Gasteiger partial charge in [-0.2, -0.15) is 0 Å². The van der Waals surface area contributed by atoms with Crippen molar-refractivity contribution in [3.63, 3.8) is 0 Å². The van der Waals surface area contributed by atoms with E-state index in [-0.39, 0.29) is 6.61 Å². The van der Waals surface area contributed by atoms with Gasteiger partial charge in [-0.05, 0) is 13.3 Å². The summed E-state index contributed by atoms with van der Waals surface area (Å²) in [6, 6.07) is 0. The van der Waals surface area contributed by atoms with Crippen molar-refractivity contribution in [3.05, 3.63) is 0 Å². The molecule has 0 saturated carbocycles. The van der Waals surface area contributed by atoms with Crippen molar-refractivity contribution in [1.82, 2.24) is 0 Å². The Hall–Kier alpha value is -0.200. The van der Waals surface area contributed by atoms with E-state index in [1.165, 1.54) is 57.8 Å². The molecule has 23 heavy (non-hydrogen) atoms. The summed E-state index contributed by atoms with van der Waals surface area (Å²) < 4.78 is 0. The summed E-state index contributed by atoms with van der Waals surface area (Å²) in [5, 5.41) is 13.6. The standard InChI is InChI=1S/C16H35NO3.C2H5O/c1-4-6-7-8-9-10-11-12-13-14-15-16(3,17)19-20-18-5-2;1-2-3/h4-15,17H2,1-3H3;2H2,1H3/q;-1/p+1. The fraction of sp³-hybridized carbons (Fsp3) is 1.00. The van der Waals surface area contributed by atoms with Gasteiger partial charge in [0.05, 0.1) is 6.61 Å². The molecule has 0 radical (unpaired) electrons. The lowest BCUT2D eigenvalue weighted by Gasteiger charge is -2.18. The Kier molecular flexibility index (Phi) is 21.6. The van der Waals surface area contributed by atoms with Gasteiger partial charge >= 0.3 is 0 Å². The monoisotopic (exact) mass is 335 g/mol. The van der Waals surface area contributed by atoms with Crippen molar-refractivity contribution in [3.8, 4) is 0 Å². The minimum absolute atomic E-state index is 0. The summed E-state index contributed by atoms with van der Waals surface area (Å²) in [4.78, 5) is 9.83. The minimum Gasteiger partial charge on any atom is -0.855 e. The van der Waals surface area contributed by atoms with Crippen molar-refractivity contribution >= 4 is 0 Å². The van der Waals surface area contributed by atoms with Gasteiger partial charge in [0.1, 0.15) is 0 Å². The van der Waals surface area contributed by atoms with Gasteiger partial charge in [0.2, 0.25) is 5.72 Å². The summed E-state index contributed by atoms with van der Waals surface area (Å²) in [6.07, 6.45) is 14.3. The number of quaternary nitrogens is 1. The Bertz CT molecular complexity index is 213. The van der Waals surface area contributed by atoms with Crippen LogP contribution in [-0.4, -0.2) is 18.9 Å². The molecule has 5 nitrogen and oxygen atoms in total. The molecule has 0 spiro atoms. The fourth-order valence-electron chi connectivity index (χ4n) is 2.18. The second-order valence-corrected chi connectivity index (χ2v) is 6.23. The third kappa shape index (κ3) is 24.2. The van der Waals surface area contributed by atoms with Crippen LogP contribution in [0.15, 0.2) is 0 Å². The van der Waals surface area contributed by atoms with E-state index in [4.69, 9.17) is 14.9 Å². The van der Waals surface area contributed by atoms with Gasteiger partial charge < -0.3 is 10.8 Å². The lowest BCUT2D eigenvalue weighted by Crippen LogP contribution is -2.72. The summed E-state index contributed by atoms with van der Waals surface area (Å²) in [7, 11) is 0. The van der Waals surface area contributed by atoms with E-state index < -0.39 is 5.72 Å². The lowest BCUT2D eigenvalue weighted by molar-refractivity contribution is -0.668. The largest absolute Gasteiger partial charge is 0.855 e. The molecule has 0 saturated heterocycles. The van der Waals surface area contributed by atoms with Crippen LogP contribution >= 0.6 is 0 Å². The molecule has 5 heteroatoms. The van der Waals surface area contributed by atoms with Gasteiger partial charge in [0.25, 0.3) is 0 Å². The van der Waals surface area contributed by atoms with Gasteiger partial charge in [-0.3, -0.25) is 0 Å². The third-order valence-corrected chi connectivity index (χ3v) is 3.46. The van der Waals surface area contributed by atoms with Gasteiger partial charge in [-0.1, -0.05) is 76.7 Å². The Morgan fingerprint density at radius 2 is 1.26 bits per heavy atom. The van der Waals surface area contributed by atoms with E-state index in [9.17, 15) is 0 Å². The quantitative estimate of drug-likeness (QED) is 0.215. The topological polar surface area (TPSA) is 78.4 Å². The van der Waals surface area contributed by atoms with E-state index in [1.807, 2.05) is 13.8 Å². The zero-order valence-electron chi connectivity index (χ0n) is 16.0. The molecular formula is C18H41NO4. The molecule has 3 N–H and O–H groups in total. The maximum atomic E-state index is 8.93. The highest BCUT2D eigenvalue weighted by Gasteiger charge is 2.24. The van der Waals surface area contributed by atoms with E-state index in [0.717, 1.165) is 12.8 Å². The first-order chi connectivity index (χ1) is 11.0. The molecule has 0 bridgehead atoms. The predicted octanol–water partition coefficient (Wildman–Crippen LogP) is 3.52. The molecule has 0 rings (SSSR count). The van der Waals surface area contributed by atoms with Crippen LogP contribution in [0.2, 0.25) is 0 Å². The normalized spacial score (nSPS) is 13.3. The highest BCUT2D eigenvalue weighted by atomic mass is 17.5. The average Bonchev–Trinajstić information content (AvgIpc) is 2.50. The predicted molar refractivity (Wildman–Crippen MR) is 92.1 cm³/mol. The van der Waals surface area contributed by atoms with Crippen molar-refractivity contribution in [2.45, 2.75) is 104 Å². The summed E-state index contributed by atoms with van der Waals surface area (Å²) >= 11 is 0. The first kappa shape index (κ1) is 25.0. The smallest absolute Gasteiger partial charge is 0.229 e. The Morgan fingerprint density at radius 1 is 0.826 bits per heavy atom. The maximum absolute atomic E-state index is 8.93. The molecule has 0 aliphatic rings. The molecule has 0 aromatic rings. The highest BCUT2D eigenvalue weighted by molar-refractivity contribution is 4.56. The van der Waals surface area contributed by atoms with Crippen LogP contribution in [0.5, 0.6) is 0 Å². The number of unbranched alkanes of at least 4 members (excludes halogenated alkanes) is 9. The summed E-state index contributed by atoms with van der Waals surface area (Å²) in [5.41, 5.74) is 3.49. The average molecular weight is 336 g/mol. The van der Waals surface area contributed by atoms with Crippen LogP contribution < -0.4 is 10.8 Å². The van der Waals surface area contributed by atoms with Crippen LogP contribution in [0.25, 0.3) is 0 Å². The second-order valence-electron chi connectivity index (χ2n) is 6.23. The molecule has 0 aromatic carbocycles. The molecule has 1 unspecified atom stereocenters. The zero-order chi connectivity index (χ0) is 17.8. The fourth-order valence-corrected chi connectivity index (χ4v) is 2.18. The van der Waals surface area contributed by atoms with E-state index in [0.29, 0.717) is 6.61 Å². The zero-order valence-corrected chi connectivity index (χ0v) is 16.0. The van der Waals surface area contributed by atoms with E-state index in [1.54, 1.807) is 6.92 Å². The van der Waals surface area contributed by atoms with Crippen LogP contribution in [0.1, 0.15) is 98.3 Å². The molecule has 1 atom stereocenters. The molecule has 0 amide bonds. The van der Waals surface area contributed by atoms with Crippen LogP contribution in [0, 0.1) is 0 Å². The molecular weight excluding hydrogens is 294 g/mol. The number of hydrogen-bond donors (Lipinski definition) is 1. The third-order valence-electron chi connectivity index (χ3n) is 3.46. The highest BCUT2D eigenvalue weighted by Crippen LogP contribution is 2.15. The van der Waals surface area contributed by atoms with Crippen LogP contribution in [-0.2, 0) is 14.8 Å². The van der Waals surface area contributed by atoms with Gasteiger partial charge in [0, 0.05) is 13.3 Å². The summed E-state index contributed by atoms with van der Waals surface area (Å²) in [6.45, 7) is 8.10. The molecule has 0 heterocycles. The van der Waals surface area contributed by atoms with Gasteiger partial charge in [-0.25, -0.2) is 4.89 Å². The molecule has 142 valence electrons. The van der Waals surface area contributed by atoms with Crippen molar-refractivity contribution < 1.29 is 25.7 Å². The first-order valence-electron chi connectivity index (χ1n) is 9.44. The molecule has 0 aliphatic heterocycles. The molecule has 0 aliphatic carbocycles. The SMILES string of the molecule is CCCCCCCCCCCCC(C)([NH3+])OOOCC.CC[O-]. The summed E-state index contributed by atoms with van der Waals surface area (Å²) in [5.74, 6) is 0. The minimum atomic E-state index is -0.505. The van der Waals surface area contributed by atoms with Crippen molar-refractivity contribution in [2.75, 3.05) is 13.2 Å². The van der Waals surface area contributed by atoms with Crippen molar-refractivity contribution in [1.29, 1.82) is 0 Å².